The SMILES string of the molecule is CCCCN(C)C(=O)NC1(c2ccc(N)cc2)CC1. The van der Waals surface area contributed by atoms with Gasteiger partial charge in [-0.3, -0.25) is 0 Å². The van der Waals surface area contributed by atoms with Gasteiger partial charge >= 0.3 is 6.03 Å². The Bertz CT molecular complexity index is 437. The molecule has 0 bridgehead atoms. The third kappa shape index (κ3) is 3.19. The van der Waals surface area contributed by atoms with E-state index in [1.807, 2.05) is 31.3 Å². The Morgan fingerprint density at radius 1 is 1.37 bits per heavy atom. The minimum Gasteiger partial charge on any atom is -0.399 e. The quantitative estimate of drug-likeness (QED) is 0.801. The minimum atomic E-state index is -0.161. The van der Waals surface area contributed by atoms with Gasteiger partial charge in [-0.15, -0.1) is 0 Å². The Labute approximate surface area is 115 Å². The number of nitrogens with two attached hydrogens (primary N) is 1. The number of carbonyl (C=O) groups is 1. The monoisotopic (exact) mass is 261 g/mol. The normalized spacial score (nSPS) is 15.9. The van der Waals surface area contributed by atoms with E-state index in [-0.39, 0.29) is 11.6 Å². The van der Waals surface area contributed by atoms with E-state index < -0.39 is 0 Å². The van der Waals surface area contributed by atoms with Gasteiger partial charge in [0.05, 0.1) is 5.54 Å². The maximum Gasteiger partial charge on any atom is 0.317 e. The third-order valence-electron chi connectivity index (χ3n) is 3.75. The number of carbonyl (C=O) groups excluding carboxylic acids is 1. The van der Waals surface area contributed by atoms with Crippen LogP contribution in [0.1, 0.15) is 38.2 Å². The molecular formula is C15H23N3O. The van der Waals surface area contributed by atoms with Crippen molar-refractivity contribution in [2.45, 2.75) is 38.1 Å². The molecule has 4 nitrogen and oxygen atoms in total. The van der Waals surface area contributed by atoms with Crippen LogP contribution in [0.4, 0.5) is 10.5 Å². The third-order valence-corrected chi connectivity index (χ3v) is 3.75. The summed E-state index contributed by atoms with van der Waals surface area (Å²) in [5, 5.41) is 3.16. The van der Waals surface area contributed by atoms with E-state index in [1.54, 1.807) is 4.90 Å². The van der Waals surface area contributed by atoms with E-state index in [1.165, 1.54) is 0 Å². The standard InChI is InChI=1S/C15H23N3O/c1-3-4-11-18(2)14(19)17-15(9-10-15)12-5-7-13(16)8-6-12/h5-8H,3-4,9-11,16H2,1-2H3,(H,17,19). The fourth-order valence-electron chi connectivity index (χ4n) is 2.21. The van der Waals surface area contributed by atoms with Crippen molar-refractivity contribution in [3.05, 3.63) is 29.8 Å². The molecule has 2 amide bonds. The molecule has 19 heavy (non-hydrogen) atoms. The van der Waals surface area contributed by atoms with Crippen molar-refractivity contribution in [2.24, 2.45) is 0 Å². The van der Waals surface area contributed by atoms with Gasteiger partial charge in [0, 0.05) is 19.3 Å². The zero-order valence-corrected chi connectivity index (χ0v) is 11.8. The highest BCUT2D eigenvalue weighted by molar-refractivity contribution is 5.75. The van der Waals surface area contributed by atoms with Crippen LogP contribution in [0.25, 0.3) is 0 Å². The van der Waals surface area contributed by atoms with Gasteiger partial charge in [0.1, 0.15) is 0 Å². The Balaban J connectivity index is 1.98. The number of unbranched alkanes of at least 4 members (excludes halogenated alkanes) is 1. The van der Waals surface area contributed by atoms with Crippen molar-refractivity contribution in [1.82, 2.24) is 10.2 Å². The first-order valence-electron chi connectivity index (χ1n) is 6.97. The molecule has 4 heteroatoms. The van der Waals surface area contributed by atoms with Crippen molar-refractivity contribution in [3.63, 3.8) is 0 Å². The number of hydrogen-bond donors (Lipinski definition) is 2. The molecule has 1 saturated carbocycles. The predicted molar refractivity (Wildman–Crippen MR) is 77.8 cm³/mol. The van der Waals surface area contributed by atoms with E-state index in [2.05, 4.69) is 12.2 Å². The highest BCUT2D eigenvalue weighted by Gasteiger charge is 2.46. The fraction of sp³-hybridized carbons (Fsp3) is 0.533. The highest BCUT2D eigenvalue weighted by Crippen LogP contribution is 2.45. The van der Waals surface area contributed by atoms with Crippen LogP contribution < -0.4 is 11.1 Å². The largest absolute Gasteiger partial charge is 0.399 e. The van der Waals surface area contributed by atoms with Crippen LogP contribution >= 0.6 is 0 Å². The summed E-state index contributed by atoms with van der Waals surface area (Å²) in [6.07, 6.45) is 4.15. The van der Waals surface area contributed by atoms with Crippen molar-refractivity contribution in [3.8, 4) is 0 Å². The van der Waals surface area contributed by atoms with Crippen molar-refractivity contribution < 1.29 is 4.79 Å². The lowest BCUT2D eigenvalue weighted by Gasteiger charge is -2.23. The molecule has 1 aliphatic rings. The summed E-state index contributed by atoms with van der Waals surface area (Å²) in [6, 6.07) is 7.82. The average Bonchev–Trinajstić information content (AvgIpc) is 3.17. The lowest BCUT2D eigenvalue weighted by atomic mass is 10.0. The Hall–Kier alpha value is -1.71. The molecule has 0 atom stereocenters. The smallest absolute Gasteiger partial charge is 0.317 e. The zero-order chi connectivity index (χ0) is 13.9. The van der Waals surface area contributed by atoms with Crippen LogP contribution in [0, 0.1) is 0 Å². The van der Waals surface area contributed by atoms with Crippen molar-refractivity contribution in [1.29, 1.82) is 0 Å². The van der Waals surface area contributed by atoms with Crippen LogP contribution in [0.15, 0.2) is 24.3 Å². The topological polar surface area (TPSA) is 58.4 Å². The number of rotatable bonds is 5. The molecule has 1 aromatic carbocycles. The number of benzene rings is 1. The number of hydrogen-bond acceptors (Lipinski definition) is 2. The summed E-state index contributed by atoms with van der Waals surface area (Å²) in [5.41, 5.74) is 7.44. The van der Waals surface area contributed by atoms with Crippen LogP contribution in [-0.4, -0.2) is 24.5 Å². The Morgan fingerprint density at radius 3 is 2.53 bits per heavy atom. The number of amides is 2. The number of nitrogen functional groups attached to an aromatic ring is 1. The maximum absolute atomic E-state index is 12.1. The Kier molecular flexibility index (Phi) is 3.98. The first-order valence-corrected chi connectivity index (χ1v) is 6.97. The second-order valence-corrected chi connectivity index (χ2v) is 5.41. The van der Waals surface area contributed by atoms with Crippen LogP contribution in [0.5, 0.6) is 0 Å². The Morgan fingerprint density at radius 2 is 2.00 bits per heavy atom. The summed E-state index contributed by atoms with van der Waals surface area (Å²) in [4.78, 5) is 13.9. The number of nitrogens with one attached hydrogen (secondary N) is 1. The predicted octanol–water partition coefficient (Wildman–Crippen LogP) is 2.70. The van der Waals surface area contributed by atoms with Crippen LogP contribution in [-0.2, 0) is 5.54 Å². The summed E-state index contributed by atoms with van der Waals surface area (Å²) in [7, 11) is 1.85. The van der Waals surface area contributed by atoms with E-state index in [4.69, 9.17) is 5.73 Å². The van der Waals surface area contributed by atoms with Crippen molar-refractivity contribution >= 4 is 11.7 Å². The van der Waals surface area contributed by atoms with Gasteiger partial charge in [-0.1, -0.05) is 25.5 Å². The number of nitrogens with zero attached hydrogens (tertiary/aromatic N) is 1. The second-order valence-electron chi connectivity index (χ2n) is 5.41. The summed E-state index contributed by atoms with van der Waals surface area (Å²) in [5.74, 6) is 0. The summed E-state index contributed by atoms with van der Waals surface area (Å²) >= 11 is 0. The minimum absolute atomic E-state index is 0.0165. The lowest BCUT2D eigenvalue weighted by molar-refractivity contribution is 0.202. The van der Waals surface area contributed by atoms with Gasteiger partial charge in [0.15, 0.2) is 0 Å². The summed E-state index contributed by atoms with van der Waals surface area (Å²) in [6.45, 7) is 2.93. The molecular weight excluding hydrogens is 238 g/mol. The van der Waals surface area contributed by atoms with Crippen molar-refractivity contribution in [2.75, 3.05) is 19.3 Å². The van der Waals surface area contributed by atoms with Crippen LogP contribution in [0.2, 0.25) is 0 Å². The van der Waals surface area contributed by atoms with Gasteiger partial charge in [-0.2, -0.15) is 0 Å². The lowest BCUT2D eigenvalue weighted by Crippen LogP contribution is -2.43. The molecule has 3 N–H and O–H groups in total. The van der Waals surface area contributed by atoms with Gasteiger partial charge in [0.25, 0.3) is 0 Å². The molecule has 1 fully saturated rings. The van der Waals surface area contributed by atoms with Gasteiger partial charge < -0.3 is 16.0 Å². The molecule has 0 heterocycles. The van der Waals surface area contributed by atoms with Crippen LogP contribution in [0.3, 0.4) is 0 Å². The van der Waals surface area contributed by atoms with E-state index >= 15 is 0 Å². The zero-order valence-electron chi connectivity index (χ0n) is 11.8. The maximum atomic E-state index is 12.1. The van der Waals surface area contributed by atoms with E-state index in [9.17, 15) is 4.79 Å². The molecule has 0 saturated heterocycles. The average molecular weight is 261 g/mol. The molecule has 0 radical (unpaired) electrons. The first-order chi connectivity index (χ1) is 9.07. The molecule has 0 unspecified atom stereocenters. The summed E-state index contributed by atoms with van der Waals surface area (Å²) < 4.78 is 0. The molecule has 1 aliphatic carbocycles. The van der Waals surface area contributed by atoms with Gasteiger partial charge in [-0.25, -0.2) is 4.79 Å². The number of urea groups is 1. The molecule has 104 valence electrons. The molecule has 2 rings (SSSR count). The second kappa shape index (κ2) is 5.51. The molecule has 1 aromatic rings. The molecule has 0 aromatic heterocycles. The van der Waals surface area contributed by atoms with E-state index in [0.717, 1.165) is 43.5 Å². The highest BCUT2D eigenvalue weighted by atomic mass is 16.2. The van der Waals surface area contributed by atoms with Gasteiger partial charge in [0.2, 0.25) is 0 Å². The fourth-order valence-corrected chi connectivity index (χ4v) is 2.21. The number of anilines is 1. The van der Waals surface area contributed by atoms with Gasteiger partial charge in [-0.05, 0) is 37.0 Å². The molecule has 0 aliphatic heterocycles. The van der Waals surface area contributed by atoms with E-state index in [0.29, 0.717) is 0 Å². The first kappa shape index (κ1) is 13.7. The molecule has 0 spiro atoms.